The van der Waals surface area contributed by atoms with Gasteiger partial charge in [-0.05, 0) is 12.3 Å². The van der Waals surface area contributed by atoms with Crippen LogP contribution in [0.15, 0.2) is 0 Å². The molecule has 0 saturated carbocycles. The van der Waals surface area contributed by atoms with Crippen LogP contribution in [0.1, 0.15) is 27.7 Å². The van der Waals surface area contributed by atoms with Crippen LogP contribution in [0.5, 0.6) is 0 Å². The highest BCUT2D eigenvalue weighted by Crippen LogP contribution is 2.43. The third-order valence-electron chi connectivity index (χ3n) is 2.25. The molecule has 0 aromatic heterocycles. The van der Waals surface area contributed by atoms with Gasteiger partial charge >= 0.3 is 12.1 Å². The van der Waals surface area contributed by atoms with Crippen molar-refractivity contribution in [3.05, 3.63) is 0 Å². The maximum absolute atomic E-state index is 12.5. The maximum Gasteiger partial charge on any atom is 0.417 e. The number of hydrogen-bond acceptors (Lipinski definition) is 2. The fourth-order valence-corrected chi connectivity index (χ4v) is 1.62. The van der Waals surface area contributed by atoms with E-state index in [4.69, 9.17) is 5.11 Å². The Morgan fingerprint density at radius 2 is 1.47 bits per heavy atom. The van der Waals surface area contributed by atoms with E-state index in [0.717, 1.165) is 0 Å². The Bertz CT molecular complexity index is 250. The molecule has 0 aliphatic carbocycles. The summed E-state index contributed by atoms with van der Waals surface area (Å²) in [4.78, 5) is 10.8. The van der Waals surface area contributed by atoms with Crippen LogP contribution in [0.2, 0.25) is 0 Å². The highest BCUT2D eigenvalue weighted by molar-refractivity contribution is 5.72. The Morgan fingerprint density at radius 3 is 1.53 bits per heavy atom. The first kappa shape index (κ1) is 14.2. The predicted octanol–water partition coefficient (Wildman–Crippen LogP) is 2.05. The molecular weight excluding hydrogens is 213 g/mol. The molecule has 0 aromatic rings. The number of carboxylic acid groups (broad SMARTS) is 1. The Labute approximate surface area is 85.9 Å². The molecular formula is C9H15F3O3. The van der Waals surface area contributed by atoms with Crippen LogP contribution in [0.25, 0.3) is 0 Å². The number of hydrogen-bond donors (Lipinski definition) is 2. The monoisotopic (exact) mass is 228 g/mol. The zero-order chi connectivity index (χ0) is 12.7. The number of rotatable bonds is 2. The molecule has 2 unspecified atom stereocenters. The van der Waals surface area contributed by atoms with Crippen molar-refractivity contribution in [1.29, 1.82) is 0 Å². The summed E-state index contributed by atoms with van der Waals surface area (Å²) in [5, 5.41) is 18.1. The molecule has 2 N–H and O–H groups in total. The van der Waals surface area contributed by atoms with Gasteiger partial charge in [0, 0.05) is 0 Å². The Kier molecular flexibility index (Phi) is 3.47. The van der Waals surface area contributed by atoms with Gasteiger partial charge in [0.25, 0.3) is 0 Å². The summed E-state index contributed by atoms with van der Waals surface area (Å²) in [5.41, 5.74) is -4.43. The average Bonchev–Trinajstić information content (AvgIpc) is 1.76. The van der Waals surface area contributed by atoms with E-state index in [-0.39, 0.29) is 0 Å². The number of aliphatic hydroxyl groups is 1. The molecule has 0 saturated heterocycles. The Balaban J connectivity index is 5.38. The minimum Gasteiger partial charge on any atom is -0.481 e. The number of alkyl halides is 3. The largest absolute Gasteiger partial charge is 0.481 e. The highest BCUT2D eigenvalue weighted by atomic mass is 19.4. The second kappa shape index (κ2) is 3.66. The molecule has 0 heterocycles. The number of halogens is 3. The lowest BCUT2D eigenvalue weighted by molar-refractivity contribution is -0.281. The van der Waals surface area contributed by atoms with Crippen molar-refractivity contribution in [2.24, 2.45) is 11.3 Å². The van der Waals surface area contributed by atoms with E-state index in [9.17, 15) is 23.1 Å². The van der Waals surface area contributed by atoms with Crippen molar-refractivity contribution in [3.8, 4) is 0 Å². The summed E-state index contributed by atoms with van der Waals surface area (Å²) in [6, 6.07) is 0. The summed E-state index contributed by atoms with van der Waals surface area (Å²) in [5.74, 6) is -3.57. The predicted molar refractivity (Wildman–Crippen MR) is 47.3 cm³/mol. The molecule has 0 spiro atoms. The summed E-state index contributed by atoms with van der Waals surface area (Å²) >= 11 is 0. The van der Waals surface area contributed by atoms with Gasteiger partial charge in [-0.25, -0.2) is 0 Å². The van der Waals surface area contributed by atoms with Gasteiger partial charge in [-0.2, -0.15) is 13.2 Å². The Hall–Kier alpha value is -0.780. The molecule has 0 radical (unpaired) electrons. The van der Waals surface area contributed by atoms with E-state index >= 15 is 0 Å². The lowest BCUT2D eigenvalue weighted by atomic mass is 9.71. The van der Waals surface area contributed by atoms with E-state index in [1.54, 1.807) is 0 Å². The fourth-order valence-electron chi connectivity index (χ4n) is 1.62. The van der Waals surface area contributed by atoms with Gasteiger partial charge in [0.1, 0.15) is 0 Å². The molecule has 6 heteroatoms. The lowest BCUT2D eigenvalue weighted by Crippen LogP contribution is -2.56. The number of carbonyl (C=O) groups is 1. The van der Waals surface area contributed by atoms with Crippen molar-refractivity contribution in [3.63, 3.8) is 0 Å². The third kappa shape index (κ3) is 2.84. The fraction of sp³-hybridized carbons (Fsp3) is 0.889. The van der Waals surface area contributed by atoms with Gasteiger partial charge in [0.05, 0.1) is 5.92 Å². The normalized spacial score (nSPS) is 19.5. The summed E-state index contributed by atoms with van der Waals surface area (Å²) in [7, 11) is 0. The molecule has 0 aromatic carbocycles. The van der Waals surface area contributed by atoms with Gasteiger partial charge in [-0.3, -0.25) is 4.79 Å². The zero-order valence-electron chi connectivity index (χ0n) is 9.01. The lowest BCUT2D eigenvalue weighted by Gasteiger charge is -2.39. The van der Waals surface area contributed by atoms with Crippen molar-refractivity contribution in [2.45, 2.75) is 39.5 Å². The quantitative estimate of drug-likeness (QED) is 0.760. The zero-order valence-corrected chi connectivity index (χ0v) is 9.01. The van der Waals surface area contributed by atoms with Gasteiger partial charge < -0.3 is 10.2 Å². The number of aliphatic carboxylic acids is 1. The Morgan fingerprint density at radius 1 is 1.13 bits per heavy atom. The second-order valence-corrected chi connectivity index (χ2v) is 4.78. The van der Waals surface area contributed by atoms with Crippen molar-refractivity contribution in [1.82, 2.24) is 0 Å². The van der Waals surface area contributed by atoms with Crippen LogP contribution in [-0.4, -0.2) is 28.0 Å². The molecule has 0 aliphatic heterocycles. The van der Waals surface area contributed by atoms with Crippen LogP contribution in [0.3, 0.4) is 0 Å². The van der Waals surface area contributed by atoms with Crippen molar-refractivity contribution in [2.75, 3.05) is 0 Å². The first-order chi connectivity index (χ1) is 6.32. The molecule has 90 valence electrons. The van der Waals surface area contributed by atoms with Crippen molar-refractivity contribution >= 4 is 5.97 Å². The third-order valence-corrected chi connectivity index (χ3v) is 2.25. The molecule has 15 heavy (non-hydrogen) atoms. The topological polar surface area (TPSA) is 57.5 Å². The van der Waals surface area contributed by atoms with Crippen LogP contribution in [-0.2, 0) is 4.79 Å². The first-order valence-corrected chi connectivity index (χ1v) is 4.33. The van der Waals surface area contributed by atoms with Crippen LogP contribution in [0, 0.1) is 11.3 Å². The van der Waals surface area contributed by atoms with Gasteiger partial charge in [0.2, 0.25) is 0 Å². The molecule has 0 fully saturated rings. The van der Waals surface area contributed by atoms with Crippen molar-refractivity contribution < 1.29 is 28.2 Å². The summed E-state index contributed by atoms with van der Waals surface area (Å²) < 4.78 is 37.4. The van der Waals surface area contributed by atoms with Gasteiger partial charge in [0.15, 0.2) is 5.60 Å². The standard InChI is InChI=1S/C9H15F3O3/c1-7(2,3)5(6(13)14)8(4,15)9(10,11)12/h5,15H,1-4H3,(H,13,14). The van der Waals surface area contributed by atoms with E-state index in [2.05, 4.69) is 0 Å². The molecule has 2 atom stereocenters. The minimum absolute atomic E-state index is 0.483. The SMILES string of the molecule is CC(C)(C)C(C(=O)O)C(C)(O)C(F)(F)F. The molecule has 0 bridgehead atoms. The second-order valence-electron chi connectivity index (χ2n) is 4.78. The summed E-state index contributed by atoms with van der Waals surface area (Å²) in [6.07, 6.45) is -4.97. The smallest absolute Gasteiger partial charge is 0.417 e. The first-order valence-electron chi connectivity index (χ1n) is 4.33. The van der Waals surface area contributed by atoms with E-state index in [0.29, 0.717) is 6.92 Å². The highest BCUT2D eigenvalue weighted by Gasteiger charge is 2.60. The van der Waals surface area contributed by atoms with E-state index < -0.39 is 29.1 Å². The van der Waals surface area contributed by atoms with Crippen LogP contribution in [0.4, 0.5) is 13.2 Å². The maximum atomic E-state index is 12.5. The molecule has 0 amide bonds. The molecule has 0 aliphatic rings. The van der Waals surface area contributed by atoms with Crippen LogP contribution >= 0.6 is 0 Å². The average molecular weight is 228 g/mol. The molecule has 0 rings (SSSR count). The molecule has 3 nitrogen and oxygen atoms in total. The van der Waals surface area contributed by atoms with Gasteiger partial charge in [-0.15, -0.1) is 0 Å². The summed E-state index contributed by atoms with van der Waals surface area (Å²) in [6.45, 7) is 4.50. The van der Waals surface area contributed by atoms with Crippen LogP contribution < -0.4 is 0 Å². The van der Waals surface area contributed by atoms with E-state index in [1.807, 2.05) is 0 Å². The van der Waals surface area contributed by atoms with E-state index in [1.165, 1.54) is 20.8 Å². The number of carboxylic acids is 1. The minimum atomic E-state index is -4.97. The van der Waals surface area contributed by atoms with Gasteiger partial charge in [-0.1, -0.05) is 20.8 Å².